The third-order valence-corrected chi connectivity index (χ3v) is 8.12. The zero-order valence-electron chi connectivity index (χ0n) is 19.7. The summed E-state index contributed by atoms with van der Waals surface area (Å²) >= 11 is 0. The number of carbonyl (C=O) groups is 1. The fourth-order valence-corrected chi connectivity index (χ4v) is 5.37. The third-order valence-electron chi connectivity index (χ3n) is 6.32. The minimum absolute atomic E-state index is 0.188. The van der Waals surface area contributed by atoms with E-state index in [9.17, 15) is 13.2 Å². The number of benzene rings is 3. The van der Waals surface area contributed by atoms with Gasteiger partial charge in [0.15, 0.2) is 0 Å². The SMILES string of the molecule is Cc1ccc(S(=O)(=O)N(C)c2ccc(C(=O)NCc3ccccc3CN3CCCC3)cc2)cc1. The molecule has 0 bridgehead atoms. The molecule has 1 amide bonds. The molecule has 3 aromatic carbocycles. The molecular weight excluding hydrogens is 446 g/mol. The molecule has 3 aromatic rings. The fraction of sp³-hybridized carbons (Fsp3) is 0.296. The van der Waals surface area contributed by atoms with Crippen molar-refractivity contribution in [2.45, 2.75) is 37.8 Å². The Bertz CT molecular complexity index is 1230. The molecule has 0 saturated carbocycles. The van der Waals surface area contributed by atoms with Gasteiger partial charge in [-0.25, -0.2) is 8.42 Å². The van der Waals surface area contributed by atoms with E-state index in [1.807, 2.05) is 19.1 Å². The molecule has 4 rings (SSSR count). The van der Waals surface area contributed by atoms with Gasteiger partial charge < -0.3 is 5.32 Å². The Labute approximate surface area is 202 Å². The molecule has 1 heterocycles. The van der Waals surface area contributed by atoms with Crippen LogP contribution in [0.15, 0.2) is 77.7 Å². The maximum Gasteiger partial charge on any atom is 0.264 e. The average Bonchev–Trinajstić information content (AvgIpc) is 3.36. The van der Waals surface area contributed by atoms with Crippen LogP contribution in [0.5, 0.6) is 0 Å². The monoisotopic (exact) mass is 477 g/mol. The molecule has 0 aliphatic carbocycles. The van der Waals surface area contributed by atoms with Crippen molar-refractivity contribution in [2.24, 2.45) is 0 Å². The fourth-order valence-electron chi connectivity index (χ4n) is 4.17. The summed E-state index contributed by atoms with van der Waals surface area (Å²) in [5, 5.41) is 3.00. The van der Waals surface area contributed by atoms with Crippen molar-refractivity contribution < 1.29 is 13.2 Å². The third kappa shape index (κ3) is 5.48. The van der Waals surface area contributed by atoms with E-state index < -0.39 is 10.0 Å². The largest absolute Gasteiger partial charge is 0.348 e. The predicted molar refractivity (Wildman–Crippen MR) is 135 cm³/mol. The van der Waals surface area contributed by atoms with Gasteiger partial charge in [-0.2, -0.15) is 0 Å². The summed E-state index contributed by atoms with van der Waals surface area (Å²) in [6.07, 6.45) is 2.49. The van der Waals surface area contributed by atoms with Crippen molar-refractivity contribution in [3.63, 3.8) is 0 Å². The molecule has 0 aromatic heterocycles. The molecule has 1 aliphatic heterocycles. The average molecular weight is 478 g/mol. The van der Waals surface area contributed by atoms with Crippen LogP contribution in [0.3, 0.4) is 0 Å². The van der Waals surface area contributed by atoms with E-state index in [-0.39, 0.29) is 10.8 Å². The number of amides is 1. The number of sulfonamides is 1. The first kappa shape index (κ1) is 24.0. The lowest BCUT2D eigenvalue weighted by molar-refractivity contribution is 0.0950. The molecule has 0 radical (unpaired) electrons. The van der Waals surface area contributed by atoms with Crippen molar-refractivity contribution in [1.29, 1.82) is 0 Å². The topological polar surface area (TPSA) is 69.7 Å². The standard InChI is InChI=1S/C27H31N3O3S/c1-21-9-15-26(16-10-21)34(32,33)29(2)25-13-11-22(12-14-25)27(31)28-19-23-7-3-4-8-24(23)20-30-17-5-6-18-30/h3-4,7-16H,5-6,17-20H2,1-2H3,(H,28,31). The van der Waals surface area contributed by atoms with E-state index in [0.29, 0.717) is 17.8 Å². The van der Waals surface area contributed by atoms with Gasteiger partial charge in [0, 0.05) is 25.7 Å². The smallest absolute Gasteiger partial charge is 0.264 e. The highest BCUT2D eigenvalue weighted by Crippen LogP contribution is 2.23. The number of likely N-dealkylation sites (tertiary alicyclic amines) is 1. The number of nitrogens with zero attached hydrogens (tertiary/aromatic N) is 2. The summed E-state index contributed by atoms with van der Waals surface area (Å²) in [7, 11) is -2.16. The Kier molecular flexibility index (Phi) is 7.34. The van der Waals surface area contributed by atoms with Crippen LogP contribution in [0, 0.1) is 6.92 Å². The second kappa shape index (κ2) is 10.4. The minimum Gasteiger partial charge on any atom is -0.348 e. The van der Waals surface area contributed by atoms with Crippen LogP contribution in [0.25, 0.3) is 0 Å². The van der Waals surface area contributed by atoms with E-state index in [4.69, 9.17) is 0 Å². The lowest BCUT2D eigenvalue weighted by atomic mass is 10.1. The van der Waals surface area contributed by atoms with Gasteiger partial charge in [0.25, 0.3) is 15.9 Å². The minimum atomic E-state index is -3.67. The van der Waals surface area contributed by atoms with Gasteiger partial charge in [-0.05, 0) is 80.4 Å². The second-order valence-electron chi connectivity index (χ2n) is 8.77. The maximum absolute atomic E-state index is 12.9. The molecule has 178 valence electrons. The molecule has 0 atom stereocenters. The Morgan fingerprint density at radius 3 is 2.18 bits per heavy atom. The number of rotatable bonds is 8. The number of nitrogens with one attached hydrogen (secondary N) is 1. The van der Waals surface area contributed by atoms with Crippen molar-refractivity contribution in [2.75, 3.05) is 24.4 Å². The van der Waals surface area contributed by atoms with Gasteiger partial charge >= 0.3 is 0 Å². The molecule has 0 unspecified atom stereocenters. The molecule has 0 spiro atoms. The molecule has 7 heteroatoms. The molecule has 34 heavy (non-hydrogen) atoms. The van der Waals surface area contributed by atoms with Crippen LogP contribution in [-0.2, 0) is 23.1 Å². The molecular formula is C27H31N3O3S. The Balaban J connectivity index is 1.40. The maximum atomic E-state index is 12.9. The quantitative estimate of drug-likeness (QED) is 0.524. The highest BCUT2D eigenvalue weighted by atomic mass is 32.2. The second-order valence-corrected chi connectivity index (χ2v) is 10.7. The molecule has 1 aliphatic rings. The van der Waals surface area contributed by atoms with Crippen molar-refractivity contribution in [1.82, 2.24) is 10.2 Å². The van der Waals surface area contributed by atoms with Crippen LogP contribution in [-0.4, -0.2) is 39.4 Å². The number of aryl methyl sites for hydroxylation is 1. The van der Waals surface area contributed by atoms with E-state index >= 15 is 0 Å². The lowest BCUT2D eigenvalue weighted by Gasteiger charge is -2.20. The summed E-state index contributed by atoms with van der Waals surface area (Å²) < 4.78 is 27.1. The van der Waals surface area contributed by atoms with Crippen LogP contribution in [0.4, 0.5) is 5.69 Å². The predicted octanol–water partition coefficient (Wildman–Crippen LogP) is 4.35. The van der Waals surface area contributed by atoms with Crippen molar-refractivity contribution in [3.8, 4) is 0 Å². The first-order valence-electron chi connectivity index (χ1n) is 11.6. The number of anilines is 1. The summed E-state index contributed by atoms with van der Waals surface area (Å²) in [4.78, 5) is 15.4. The summed E-state index contributed by atoms with van der Waals surface area (Å²) in [6, 6.07) is 21.6. The summed E-state index contributed by atoms with van der Waals surface area (Å²) in [5.74, 6) is -0.188. The Morgan fingerprint density at radius 1 is 0.912 bits per heavy atom. The van der Waals surface area contributed by atoms with Crippen LogP contribution < -0.4 is 9.62 Å². The van der Waals surface area contributed by atoms with Gasteiger partial charge in [0.2, 0.25) is 0 Å². The van der Waals surface area contributed by atoms with E-state index in [1.165, 1.54) is 29.8 Å². The molecule has 1 fully saturated rings. The van der Waals surface area contributed by atoms with E-state index in [2.05, 4.69) is 22.3 Å². The van der Waals surface area contributed by atoms with Crippen LogP contribution in [0.2, 0.25) is 0 Å². The van der Waals surface area contributed by atoms with E-state index in [0.717, 1.165) is 30.8 Å². The van der Waals surface area contributed by atoms with Crippen molar-refractivity contribution >= 4 is 21.6 Å². The Morgan fingerprint density at radius 2 is 1.53 bits per heavy atom. The van der Waals surface area contributed by atoms with Gasteiger partial charge in [0.05, 0.1) is 10.6 Å². The van der Waals surface area contributed by atoms with Crippen LogP contribution in [0.1, 0.15) is 39.9 Å². The number of hydrogen-bond acceptors (Lipinski definition) is 4. The molecule has 6 nitrogen and oxygen atoms in total. The Hall–Kier alpha value is -3.16. The van der Waals surface area contributed by atoms with Gasteiger partial charge in [-0.15, -0.1) is 0 Å². The molecule has 1 N–H and O–H groups in total. The number of hydrogen-bond donors (Lipinski definition) is 1. The highest BCUT2D eigenvalue weighted by Gasteiger charge is 2.21. The van der Waals surface area contributed by atoms with Gasteiger partial charge in [-0.3, -0.25) is 14.0 Å². The zero-order valence-corrected chi connectivity index (χ0v) is 20.5. The number of carbonyl (C=O) groups excluding carboxylic acids is 1. The zero-order chi connectivity index (χ0) is 24.1. The summed E-state index contributed by atoms with van der Waals surface area (Å²) in [6.45, 7) is 5.52. The highest BCUT2D eigenvalue weighted by molar-refractivity contribution is 7.92. The first-order chi connectivity index (χ1) is 16.3. The molecule has 1 saturated heterocycles. The normalized spacial score (nSPS) is 14.2. The van der Waals surface area contributed by atoms with E-state index in [1.54, 1.807) is 48.5 Å². The summed E-state index contributed by atoms with van der Waals surface area (Å²) in [5.41, 5.74) is 4.33. The van der Waals surface area contributed by atoms with Gasteiger partial charge in [0.1, 0.15) is 0 Å². The van der Waals surface area contributed by atoms with Gasteiger partial charge in [-0.1, -0.05) is 42.0 Å². The van der Waals surface area contributed by atoms with Crippen molar-refractivity contribution in [3.05, 3.63) is 95.1 Å². The lowest BCUT2D eigenvalue weighted by Crippen LogP contribution is -2.27. The van der Waals surface area contributed by atoms with Crippen LogP contribution >= 0.6 is 0 Å². The first-order valence-corrected chi connectivity index (χ1v) is 13.0.